The van der Waals surface area contributed by atoms with E-state index in [0.29, 0.717) is 29.5 Å². The topological polar surface area (TPSA) is 29.1 Å². The van der Waals surface area contributed by atoms with Crippen molar-refractivity contribution < 1.29 is 13.6 Å². The first kappa shape index (κ1) is 12.7. The number of amides is 1. The lowest BCUT2D eigenvalue weighted by Gasteiger charge is -2.06. The first-order valence-electron chi connectivity index (χ1n) is 5.96. The molecule has 1 aliphatic rings. The molecule has 4 heteroatoms. The zero-order valence-corrected chi connectivity index (χ0v) is 10.4. The lowest BCUT2D eigenvalue weighted by molar-refractivity contribution is -0.116. The Balaban J connectivity index is 2.31. The van der Waals surface area contributed by atoms with Crippen molar-refractivity contribution in [2.75, 3.05) is 0 Å². The van der Waals surface area contributed by atoms with Crippen LogP contribution in [0.5, 0.6) is 0 Å². The van der Waals surface area contributed by atoms with Gasteiger partial charge in [0, 0.05) is 18.2 Å². The Kier molecular flexibility index (Phi) is 3.45. The van der Waals surface area contributed by atoms with Crippen LogP contribution in [0.4, 0.5) is 8.78 Å². The summed E-state index contributed by atoms with van der Waals surface area (Å²) in [5.74, 6) is -1.36. The molecule has 2 rings (SSSR count). The van der Waals surface area contributed by atoms with Gasteiger partial charge in [0.05, 0.1) is 0 Å². The fourth-order valence-electron chi connectivity index (χ4n) is 2.17. The van der Waals surface area contributed by atoms with E-state index in [0.717, 1.165) is 6.07 Å². The summed E-state index contributed by atoms with van der Waals surface area (Å²) in [7, 11) is 0. The van der Waals surface area contributed by atoms with Gasteiger partial charge < -0.3 is 5.32 Å². The summed E-state index contributed by atoms with van der Waals surface area (Å²) < 4.78 is 26.7. The normalized spacial score (nSPS) is 16.2. The molecule has 1 aromatic rings. The minimum absolute atomic E-state index is 0.0412. The molecule has 0 unspecified atom stereocenters. The Labute approximate surface area is 105 Å². The second-order valence-electron chi connectivity index (χ2n) is 4.75. The molecule has 1 amide bonds. The fraction of sp³-hybridized carbons (Fsp3) is 0.357. The molecule has 0 aromatic heterocycles. The van der Waals surface area contributed by atoms with E-state index < -0.39 is 11.6 Å². The largest absolute Gasteiger partial charge is 0.350 e. The van der Waals surface area contributed by atoms with Crippen LogP contribution in [0, 0.1) is 11.6 Å². The zero-order valence-electron chi connectivity index (χ0n) is 10.4. The molecule has 18 heavy (non-hydrogen) atoms. The summed E-state index contributed by atoms with van der Waals surface area (Å²) in [4.78, 5) is 11.6. The highest BCUT2D eigenvalue weighted by molar-refractivity contribution is 5.96. The first-order chi connectivity index (χ1) is 8.47. The molecule has 0 saturated heterocycles. The van der Waals surface area contributed by atoms with Gasteiger partial charge in [0.2, 0.25) is 5.91 Å². The van der Waals surface area contributed by atoms with Crippen molar-refractivity contribution in [3.8, 4) is 0 Å². The maximum atomic E-state index is 13.5. The van der Waals surface area contributed by atoms with Crippen molar-refractivity contribution in [1.29, 1.82) is 0 Å². The molecule has 0 aliphatic heterocycles. The van der Waals surface area contributed by atoms with Crippen molar-refractivity contribution in [2.45, 2.75) is 32.7 Å². The number of carbonyl (C=O) groups is 1. The molecule has 0 bridgehead atoms. The number of fused-ring (bicyclic) bond motifs is 1. The summed E-state index contributed by atoms with van der Waals surface area (Å²) in [5, 5.41) is 2.73. The van der Waals surface area contributed by atoms with Crippen LogP contribution in [-0.4, -0.2) is 11.9 Å². The average Bonchev–Trinajstić information content (AvgIpc) is 2.60. The molecule has 0 atom stereocenters. The Hall–Kier alpha value is -1.71. The van der Waals surface area contributed by atoms with E-state index in [1.807, 2.05) is 13.8 Å². The number of halogens is 2. The molecule has 0 radical (unpaired) electrons. The monoisotopic (exact) mass is 251 g/mol. The summed E-state index contributed by atoms with van der Waals surface area (Å²) in [6.07, 6.45) is 2.52. The molecule has 0 heterocycles. The Morgan fingerprint density at radius 1 is 1.33 bits per heavy atom. The van der Waals surface area contributed by atoms with Gasteiger partial charge in [-0.2, -0.15) is 0 Å². The predicted molar refractivity (Wildman–Crippen MR) is 65.9 cm³/mol. The number of carbonyl (C=O) groups excluding carboxylic acids is 1. The van der Waals surface area contributed by atoms with Gasteiger partial charge >= 0.3 is 0 Å². The van der Waals surface area contributed by atoms with Gasteiger partial charge in [0.15, 0.2) is 0 Å². The summed E-state index contributed by atoms with van der Waals surface area (Å²) in [5.41, 5.74) is 1.72. The molecule has 96 valence electrons. The third-order valence-corrected chi connectivity index (χ3v) is 2.89. The smallest absolute Gasteiger partial charge is 0.244 e. The highest BCUT2D eigenvalue weighted by atomic mass is 19.1. The van der Waals surface area contributed by atoms with Crippen molar-refractivity contribution in [3.63, 3.8) is 0 Å². The molecule has 1 aromatic carbocycles. The maximum Gasteiger partial charge on any atom is 0.244 e. The van der Waals surface area contributed by atoms with Gasteiger partial charge in [-0.05, 0) is 49.5 Å². The standard InChI is InChI=1S/C14H15F2NO/c1-8(2)17-14(18)5-9-3-4-11-12(9)6-10(15)7-13(11)16/h5-8H,3-4H2,1-2H3,(H,17,18)/b9-5-. The Bertz CT molecular complexity index is 521. The van der Waals surface area contributed by atoms with Gasteiger partial charge in [0.1, 0.15) is 11.6 Å². The molecule has 2 nitrogen and oxygen atoms in total. The fourth-order valence-corrected chi connectivity index (χ4v) is 2.17. The molecule has 0 saturated carbocycles. The Morgan fingerprint density at radius 2 is 2.06 bits per heavy atom. The van der Waals surface area contributed by atoms with Crippen LogP contribution in [0.3, 0.4) is 0 Å². The lowest BCUT2D eigenvalue weighted by Crippen LogP contribution is -2.28. The number of nitrogens with one attached hydrogen (secondary N) is 1. The van der Waals surface area contributed by atoms with E-state index in [4.69, 9.17) is 0 Å². The second kappa shape index (κ2) is 4.88. The lowest BCUT2D eigenvalue weighted by atomic mass is 10.1. The molecular weight excluding hydrogens is 236 g/mol. The number of hydrogen-bond donors (Lipinski definition) is 1. The van der Waals surface area contributed by atoms with Crippen LogP contribution < -0.4 is 5.32 Å². The molecule has 1 aliphatic carbocycles. The van der Waals surface area contributed by atoms with Crippen LogP contribution in [0.25, 0.3) is 5.57 Å². The van der Waals surface area contributed by atoms with Crippen LogP contribution in [0.2, 0.25) is 0 Å². The van der Waals surface area contributed by atoms with Gasteiger partial charge in [-0.15, -0.1) is 0 Å². The second-order valence-corrected chi connectivity index (χ2v) is 4.75. The van der Waals surface area contributed by atoms with E-state index in [9.17, 15) is 13.6 Å². The SMILES string of the molecule is CC(C)NC(=O)/C=C1/CCc2c(F)cc(F)cc21. The van der Waals surface area contributed by atoms with Gasteiger partial charge in [-0.1, -0.05) is 0 Å². The van der Waals surface area contributed by atoms with Crippen LogP contribution in [0.15, 0.2) is 18.2 Å². The maximum absolute atomic E-state index is 13.5. The van der Waals surface area contributed by atoms with Gasteiger partial charge in [-0.3, -0.25) is 4.79 Å². The summed E-state index contributed by atoms with van der Waals surface area (Å²) in [6, 6.07) is 2.22. The molecule has 1 N–H and O–H groups in total. The predicted octanol–water partition coefficient (Wildman–Crippen LogP) is 2.82. The van der Waals surface area contributed by atoms with Crippen molar-refractivity contribution in [1.82, 2.24) is 5.32 Å². The van der Waals surface area contributed by atoms with E-state index in [-0.39, 0.29) is 11.9 Å². The van der Waals surface area contributed by atoms with Crippen LogP contribution >= 0.6 is 0 Å². The van der Waals surface area contributed by atoms with E-state index in [1.54, 1.807) is 0 Å². The van der Waals surface area contributed by atoms with Gasteiger partial charge in [-0.25, -0.2) is 8.78 Å². The van der Waals surface area contributed by atoms with Crippen molar-refractivity contribution >= 4 is 11.5 Å². The van der Waals surface area contributed by atoms with E-state index in [1.165, 1.54) is 12.1 Å². The van der Waals surface area contributed by atoms with Gasteiger partial charge in [0.25, 0.3) is 0 Å². The summed E-state index contributed by atoms with van der Waals surface area (Å²) in [6.45, 7) is 3.72. The number of rotatable bonds is 2. The Morgan fingerprint density at radius 3 is 2.72 bits per heavy atom. The number of benzene rings is 1. The third-order valence-electron chi connectivity index (χ3n) is 2.89. The van der Waals surface area contributed by atoms with Crippen molar-refractivity contribution in [3.05, 3.63) is 41.0 Å². The minimum atomic E-state index is -0.608. The molecular formula is C14H15F2NO. The number of allylic oxidation sites excluding steroid dienone is 1. The average molecular weight is 251 g/mol. The highest BCUT2D eigenvalue weighted by Gasteiger charge is 2.21. The van der Waals surface area contributed by atoms with E-state index in [2.05, 4.69) is 5.32 Å². The van der Waals surface area contributed by atoms with Crippen molar-refractivity contribution in [2.24, 2.45) is 0 Å². The van der Waals surface area contributed by atoms with Crippen LogP contribution in [0.1, 0.15) is 31.4 Å². The molecule has 0 spiro atoms. The number of hydrogen-bond acceptors (Lipinski definition) is 1. The first-order valence-corrected chi connectivity index (χ1v) is 5.96. The minimum Gasteiger partial charge on any atom is -0.350 e. The molecule has 0 fully saturated rings. The van der Waals surface area contributed by atoms with E-state index >= 15 is 0 Å². The third kappa shape index (κ3) is 2.58. The highest BCUT2D eigenvalue weighted by Crippen LogP contribution is 2.34. The van der Waals surface area contributed by atoms with Crippen LogP contribution in [-0.2, 0) is 11.2 Å². The quantitative estimate of drug-likeness (QED) is 0.805. The summed E-state index contributed by atoms with van der Waals surface area (Å²) >= 11 is 0. The zero-order chi connectivity index (χ0) is 13.3.